The summed E-state index contributed by atoms with van der Waals surface area (Å²) in [6.45, 7) is 2.02. The average Bonchev–Trinajstić information content (AvgIpc) is 2.77. The maximum atomic E-state index is 13.0. The van der Waals surface area contributed by atoms with Crippen molar-refractivity contribution in [3.05, 3.63) is 45.7 Å². The molecule has 2 bridgehead atoms. The fraction of sp³-hybridized carbons (Fsp3) is 0.455. The highest BCUT2D eigenvalue weighted by atomic mass is 127. The molecule has 3 fully saturated rings. The number of hydrogen-bond acceptors (Lipinski definition) is 5. The van der Waals surface area contributed by atoms with Crippen molar-refractivity contribution >= 4 is 34.3 Å². The minimum absolute atomic E-state index is 0.0114. The van der Waals surface area contributed by atoms with Crippen molar-refractivity contribution < 1.29 is 14.3 Å². The molecule has 3 aliphatic carbocycles. The fourth-order valence-electron chi connectivity index (χ4n) is 4.43. The monoisotopic (exact) mass is 507 g/mol. The maximum Gasteiger partial charge on any atom is 0.244 e. The number of anilines is 1. The summed E-state index contributed by atoms with van der Waals surface area (Å²) in [5, 5.41) is 0. The van der Waals surface area contributed by atoms with Crippen LogP contribution in [0.2, 0.25) is 0 Å². The first kappa shape index (κ1) is 20.4. The molecular weight excluding hydrogens is 481 g/mol. The molecule has 3 saturated carbocycles. The highest BCUT2D eigenvalue weighted by molar-refractivity contribution is 14.1. The van der Waals surface area contributed by atoms with Crippen molar-refractivity contribution in [1.29, 1.82) is 0 Å². The van der Waals surface area contributed by atoms with Gasteiger partial charge in [-0.1, -0.05) is 6.07 Å². The van der Waals surface area contributed by atoms with E-state index in [9.17, 15) is 4.79 Å². The second-order valence-corrected chi connectivity index (χ2v) is 9.22. The lowest BCUT2D eigenvalue weighted by Gasteiger charge is -2.51. The predicted molar refractivity (Wildman–Crippen MR) is 120 cm³/mol. The Morgan fingerprint density at radius 1 is 1.07 bits per heavy atom. The van der Waals surface area contributed by atoms with Crippen LogP contribution >= 0.6 is 22.6 Å². The summed E-state index contributed by atoms with van der Waals surface area (Å²) in [6.07, 6.45) is 7.10. The number of aromatic nitrogens is 1. The molecule has 3 aliphatic rings. The van der Waals surface area contributed by atoms with Gasteiger partial charge in [0.05, 0.1) is 11.0 Å². The summed E-state index contributed by atoms with van der Waals surface area (Å²) < 4.78 is 13.0. The molecule has 1 heterocycles. The normalized spacial score (nSPS) is 25.5. The number of pyridine rings is 1. The largest absolute Gasteiger partial charge is 0.453 e. The third kappa shape index (κ3) is 3.94. The van der Waals surface area contributed by atoms with Crippen LogP contribution < -0.4 is 15.6 Å². The Bertz CT molecular complexity index is 893. The molecule has 0 unspecified atom stereocenters. The van der Waals surface area contributed by atoms with E-state index in [-0.39, 0.29) is 16.9 Å². The van der Waals surface area contributed by atoms with Gasteiger partial charge in [-0.15, -0.1) is 0 Å². The zero-order valence-corrected chi connectivity index (χ0v) is 18.9. The molecule has 0 aliphatic heterocycles. The number of hydrazine groups is 1. The van der Waals surface area contributed by atoms with E-state index < -0.39 is 0 Å². The van der Waals surface area contributed by atoms with Gasteiger partial charge < -0.3 is 9.47 Å². The number of benzene rings is 1. The number of hydrogen-bond donors (Lipinski definition) is 2. The van der Waals surface area contributed by atoms with Gasteiger partial charge in [-0.05, 0) is 92.3 Å². The Labute approximate surface area is 184 Å². The van der Waals surface area contributed by atoms with Crippen LogP contribution in [0, 0.1) is 15.9 Å². The van der Waals surface area contributed by atoms with Gasteiger partial charge >= 0.3 is 0 Å². The highest BCUT2D eigenvalue weighted by Gasteiger charge is 2.52. The van der Waals surface area contributed by atoms with Crippen LogP contribution in [0.5, 0.6) is 11.5 Å². The summed E-state index contributed by atoms with van der Waals surface area (Å²) in [5.41, 5.74) is 6.63. The minimum atomic E-state index is -0.310. The Kier molecular flexibility index (Phi) is 5.70. The summed E-state index contributed by atoms with van der Waals surface area (Å²) in [6, 6.07) is 9.58. The first-order valence-electron chi connectivity index (χ1n) is 9.97. The van der Waals surface area contributed by atoms with E-state index in [1.807, 2.05) is 37.3 Å². The van der Waals surface area contributed by atoms with Gasteiger partial charge in [-0.25, -0.2) is 4.98 Å². The van der Waals surface area contributed by atoms with Crippen molar-refractivity contribution in [2.24, 2.45) is 5.41 Å². The SMILES string of the molecule is COC12CCC(C(=O)NNc3ncccc3Oc3cccc(I)c3C)(CC1)CC2. The number of methoxy groups -OCH3 is 1. The van der Waals surface area contributed by atoms with Crippen molar-refractivity contribution in [1.82, 2.24) is 10.4 Å². The van der Waals surface area contributed by atoms with E-state index in [0.717, 1.165) is 53.4 Å². The number of nitrogens with one attached hydrogen (secondary N) is 2. The first-order chi connectivity index (χ1) is 14.0. The molecule has 1 amide bonds. The van der Waals surface area contributed by atoms with Crippen LogP contribution in [0.15, 0.2) is 36.5 Å². The number of amides is 1. The van der Waals surface area contributed by atoms with Gasteiger partial charge in [0, 0.05) is 22.4 Å². The van der Waals surface area contributed by atoms with Crippen LogP contribution in [0.25, 0.3) is 0 Å². The van der Waals surface area contributed by atoms with Crippen LogP contribution in [-0.2, 0) is 9.53 Å². The Morgan fingerprint density at radius 3 is 2.45 bits per heavy atom. The molecule has 1 aromatic carbocycles. The molecule has 0 atom stereocenters. The molecule has 7 heteroatoms. The number of rotatable bonds is 6. The quantitative estimate of drug-likeness (QED) is 0.427. The van der Waals surface area contributed by atoms with Crippen LogP contribution in [0.4, 0.5) is 5.82 Å². The lowest BCUT2D eigenvalue weighted by atomic mass is 9.58. The summed E-state index contributed by atoms with van der Waals surface area (Å²) in [4.78, 5) is 17.4. The predicted octanol–water partition coefficient (Wildman–Crippen LogP) is 4.97. The molecule has 2 N–H and O–H groups in total. The number of carbonyl (C=O) groups is 1. The van der Waals surface area contributed by atoms with E-state index >= 15 is 0 Å². The fourth-order valence-corrected chi connectivity index (χ4v) is 4.90. The summed E-state index contributed by atoms with van der Waals surface area (Å²) in [5.74, 6) is 1.87. The number of ether oxygens (including phenoxy) is 2. The molecular formula is C22H26IN3O3. The summed E-state index contributed by atoms with van der Waals surface area (Å²) >= 11 is 2.29. The van der Waals surface area contributed by atoms with E-state index in [2.05, 4.69) is 38.4 Å². The second kappa shape index (κ2) is 8.10. The van der Waals surface area contributed by atoms with Crippen LogP contribution in [0.3, 0.4) is 0 Å². The topological polar surface area (TPSA) is 72.5 Å². The number of halogens is 1. The third-order valence-electron chi connectivity index (χ3n) is 6.60. The number of carbonyl (C=O) groups excluding carboxylic acids is 1. The maximum absolute atomic E-state index is 13.0. The van der Waals surface area contributed by atoms with E-state index in [4.69, 9.17) is 9.47 Å². The molecule has 1 aromatic heterocycles. The first-order valence-corrected chi connectivity index (χ1v) is 11.0. The Morgan fingerprint density at radius 2 is 1.76 bits per heavy atom. The zero-order chi connectivity index (χ0) is 20.5. The highest BCUT2D eigenvalue weighted by Crippen LogP contribution is 2.53. The molecule has 0 spiro atoms. The van der Waals surface area contributed by atoms with Gasteiger partial charge in [-0.2, -0.15) is 0 Å². The molecule has 29 heavy (non-hydrogen) atoms. The smallest absolute Gasteiger partial charge is 0.244 e. The molecule has 0 radical (unpaired) electrons. The van der Waals surface area contributed by atoms with E-state index in [1.165, 1.54) is 0 Å². The van der Waals surface area contributed by atoms with E-state index in [1.54, 1.807) is 13.3 Å². The molecule has 2 aromatic rings. The minimum Gasteiger partial charge on any atom is -0.453 e. The van der Waals surface area contributed by atoms with Gasteiger partial charge in [0.1, 0.15) is 5.75 Å². The number of nitrogens with zero attached hydrogens (tertiary/aromatic N) is 1. The molecule has 5 rings (SSSR count). The Balaban J connectivity index is 1.44. The van der Waals surface area contributed by atoms with Crippen LogP contribution in [-0.4, -0.2) is 23.6 Å². The van der Waals surface area contributed by atoms with Crippen molar-refractivity contribution in [2.45, 2.75) is 51.0 Å². The average molecular weight is 507 g/mol. The van der Waals surface area contributed by atoms with Gasteiger partial charge in [0.15, 0.2) is 11.6 Å². The molecule has 154 valence electrons. The second-order valence-electron chi connectivity index (χ2n) is 8.06. The van der Waals surface area contributed by atoms with Crippen molar-refractivity contribution in [3.63, 3.8) is 0 Å². The van der Waals surface area contributed by atoms with Gasteiger partial charge in [-0.3, -0.25) is 15.6 Å². The zero-order valence-electron chi connectivity index (χ0n) is 16.8. The lowest BCUT2D eigenvalue weighted by Crippen LogP contribution is -2.54. The molecule has 6 nitrogen and oxygen atoms in total. The van der Waals surface area contributed by atoms with Crippen molar-refractivity contribution in [2.75, 3.05) is 12.5 Å². The van der Waals surface area contributed by atoms with Crippen molar-refractivity contribution in [3.8, 4) is 11.5 Å². The Hall–Kier alpha value is -1.87. The van der Waals surface area contributed by atoms with Crippen LogP contribution in [0.1, 0.15) is 44.1 Å². The van der Waals surface area contributed by atoms with E-state index in [0.29, 0.717) is 11.6 Å². The standard InChI is InChI=1S/C22H26IN3O3/c1-15-16(23)5-3-6-17(15)29-18-7-4-14-24-19(18)25-26-20(27)21-8-11-22(28-2,12-9-21)13-10-21/h3-7,14H,8-13H2,1-2H3,(H,24,25)(H,26,27). The van der Waals surface area contributed by atoms with Gasteiger partial charge in [0.25, 0.3) is 0 Å². The number of fused-ring (bicyclic) bond motifs is 3. The molecule has 0 saturated heterocycles. The summed E-state index contributed by atoms with van der Waals surface area (Å²) in [7, 11) is 1.79. The lowest BCUT2D eigenvalue weighted by molar-refractivity contribution is -0.152. The van der Waals surface area contributed by atoms with Gasteiger partial charge in [0.2, 0.25) is 5.91 Å². The third-order valence-corrected chi connectivity index (χ3v) is 7.76.